The van der Waals surface area contributed by atoms with E-state index in [1.165, 1.54) is 0 Å². The Morgan fingerprint density at radius 2 is 2.07 bits per heavy atom. The molecular weight excluding hydrogens is 190 g/mol. The van der Waals surface area contributed by atoms with Crippen LogP contribution in [0.2, 0.25) is 0 Å². The summed E-state index contributed by atoms with van der Waals surface area (Å²) in [6.07, 6.45) is 1.99. The van der Waals surface area contributed by atoms with E-state index in [2.05, 4.69) is 29.5 Å². The molecule has 88 valence electrons. The third-order valence-corrected chi connectivity index (χ3v) is 3.16. The Hall–Kier alpha value is -0.610. The van der Waals surface area contributed by atoms with E-state index in [4.69, 9.17) is 0 Å². The van der Waals surface area contributed by atoms with Crippen LogP contribution in [0.5, 0.6) is 0 Å². The molecule has 1 atom stereocenters. The molecule has 0 bridgehead atoms. The molecule has 1 saturated heterocycles. The van der Waals surface area contributed by atoms with Crippen molar-refractivity contribution >= 4 is 5.91 Å². The monoisotopic (exact) mass is 213 g/mol. The van der Waals surface area contributed by atoms with Crippen molar-refractivity contribution in [2.24, 2.45) is 5.92 Å². The third kappa shape index (κ3) is 4.18. The van der Waals surface area contributed by atoms with E-state index in [0.29, 0.717) is 6.04 Å². The van der Waals surface area contributed by atoms with Crippen LogP contribution in [0, 0.1) is 5.92 Å². The zero-order valence-corrected chi connectivity index (χ0v) is 10.0. The lowest BCUT2D eigenvalue weighted by Gasteiger charge is -2.28. The number of hydrogen-bond acceptors (Lipinski definition) is 3. The Balaban J connectivity index is 2.22. The lowest BCUT2D eigenvalue weighted by molar-refractivity contribution is -0.126. The fraction of sp³-hybridized carbons (Fsp3) is 0.909. The number of likely N-dealkylation sites (tertiary alicyclic amines) is 1. The molecule has 0 aromatic carbocycles. The van der Waals surface area contributed by atoms with Gasteiger partial charge in [0.15, 0.2) is 0 Å². The van der Waals surface area contributed by atoms with Crippen LogP contribution in [-0.4, -0.2) is 50.6 Å². The summed E-state index contributed by atoms with van der Waals surface area (Å²) >= 11 is 0. The first-order chi connectivity index (χ1) is 7.13. The highest BCUT2D eigenvalue weighted by Gasteiger charge is 2.22. The van der Waals surface area contributed by atoms with Gasteiger partial charge < -0.3 is 15.5 Å². The predicted octanol–water partition coefficient (Wildman–Crippen LogP) is 0.0523. The molecule has 0 spiro atoms. The summed E-state index contributed by atoms with van der Waals surface area (Å²) in [5.74, 6) is 0.454. The molecule has 0 saturated carbocycles. The Labute approximate surface area is 92.4 Å². The average Bonchev–Trinajstić information content (AvgIpc) is 2.26. The smallest absolute Gasteiger partial charge is 0.223 e. The number of piperidine rings is 1. The second-order valence-corrected chi connectivity index (χ2v) is 4.51. The predicted molar refractivity (Wildman–Crippen MR) is 61.8 cm³/mol. The number of nitrogens with one attached hydrogen (secondary N) is 2. The molecule has 4 nitrogen and oxygen atoms in total. The molecule has 1 heterocycles. The minimum Gasteiger partial charge on any atom is -0.354 e. The molecule has 1 amide bonds. The Kier molecular flexibility index (Phi) is 5.05. The fourth-order valence-corrected chi connectivity index (χ4v) is 1.77. The topological polar surface area (TPSA) is 44.4 Å². The standard InChI is InChI=1S/C11H23N3O/c1-9(12-2)8-13-11(15)10-4-6-14(3)7-5-10/h9-10,12H,4-8H2,1-3H3,(H,13,15). The van der Waals surface area contributed by atoms with Crippen molar-refractivity contribution in [3.63, 3.8) is 0 Å². The Bertz CT molecular complexity index is 200. The van der Waals surface area contributed by atoms with Crippen LogP contribution < -0.4 is 10.6 Å². The van der Waals surface area contributed by atoms with Crippen LogP contribution in [0.4, 0.5) is 0 Å². The van der Waals surface area contributed by atoms with Crippen molar-refractivity contribution in [2.75, 3.05) is 33.7 Å². The first-order valence-electron chi connectivity index (χ1n) is 5.77. The van der Waals surface area contributed by atoms with Gasteiger partial charge in [0.25, 0.3) is 0 Å². The van der Waals surface area contributed by atoms with E-state index >= 15 is 0 Å². The van der Waals surface area contributed by atoms with Gasteiger partial charge in [0.05, 0.1) is 0 Å². The minimum atomic E-state index is 0.227. The average molecular weight is 213 g/mol. The van der Waals surface area contributed by atoms with Gasteiger partial charge in [0.1, 0.15) is 0 Å². The molecule has 15 heavy (non-hydrogen) atoms. The quantitative estimate of drug-likeness (QED) is 0.694. The first kappa shape index (κ1) is 12.5. The molecule has 0 aromatic rings. The van der Waals surface area contributed by atoms with E-state index in [0.717, 1.165) is 32.5 Å². The fourth-order valence-electron chi connectivity index (χ4n) is 1.77. The minimum absolute atomic E-state index is 0.227. The zero-order valence-electron chi connectivity index (χ0n) is 10.0. The number of amides is 1. The number of hydrogen-bond donors (Lipinski definition) is 2. The van der Waals surface area contributed by atoms with Crippen molar-refractivity contribution in [1.29, 1.82) is 0 Å². The summed E-state index contributed by atoms with van der Waals surface area (Å²) < 4.78 is 0. The lowest BCUT2D eigenvalue weighted by atomic mass is 9.96. The molecule has 1 aliphatic heterocycles. The van der Waals surface area contributed by atoms with Gasteiger partial charge in [0.2, 0.25) is 5.91 Å². The lowest BCUT2D eigenvalue weighted by Crippen LogP contribution is -2.43. The van der Waals surface area contributed by atoms with E-state index in [9.17, 15) is 4.79 Å². The highest BCUT2D eigenvalue weighted by Crippen LogP contribution is 2.15. The largest absolute Gasteiger partial charge is 0.354 e. The van der Waals surface area contributed by atoms with Gasteiger partial charge in [0, 0.05) is 18.5 Å². The molecule has 2 N–H and O–H groups in total. The van der Waals surface area contributed by atoms with Crippen molar-refractivity contribution in [3.05, 3.63) is 0 Å². The normalized spacial score (nSPS) is 21.3. The summed E-state index contributed by atoms with van der Waals surface area (Å²) in [6.45, 7) is 4.87. The van der Waals surface area contributed by atoms with Crippen LogP contribution in [0.1, 0.15) is 19.8 Å². The highest BCUT2D eigenvalue weighted by molar-refractivity contribution is 5.78. The van der Waals surface area contributed by atoms with Crippen molar-refractivity contribution in [3.8, 4) is 0 Å². The maximum Gasteiger partial charge on any atom is 0.223 e. The van der Waals surface area contributed by atoms with Crippen molar-refractivity contribution < 1.29 is 4.79 Å². The molecule has 0 aromatic heterocycles. The Morgan fingerprint density at radius 3 is 2.60 bits per heavy atom. The molecular formula is C11H23N3O. The Morgan fingerprint density at radius 1 is 1.47 bits per heavy atom. The van der Waals surface area contributed by atoms with Gasteiger partial charge in [-0.1, -0.05) is 0 Å². The van der Waals surface area contributed by atoms with Gasteiger partial charge in [-0.15, -0.1) is 0 Å². The summed E-state index contributed by atoms with van der Waals surface area (Å²) in [5, 5.41) is 6.11. The molecule has 1 fully saturated rings. The second-order valence-electron chi connectivity index (χ2n) is 4.51. The van der Waals surface area contributed by atoms with E-state index in [1.807, 2.05) is 7.05 Å². The van der Waals surface area contributed by atoms with Gasteiger partial charge in [-0.2, -0.15) is 0 Å². The van der Waals surface area contributed by atoms with E-state index in [1.54, 1.807) is 0 Å². The van der Waals surface area contributed by atoms with Crippen LogP contribution in [0.3, 0.4) is 0 Å². The number of carbonyl (C=O) groups is 1. The maximum atomic E-state index is 11.8. The molecule has 4 heteroatoms. The molecule has 1 aliphatic rings. The van der Waals surface area contributed by atoms with Gasteiger partial charge in [-0.25, -0.2) is 0 Å². The van der Waals surface area contributed by atoms with E-state index in [-0.39, 0.29) is 11.8 Å². The zero-order chi connectivity index (χ0) is 11.3. The SMILES string of the molecule is CNC(C)CNC(=O)C1CCN(C)CC1. The summed E-state index contributed by atoms with van der Waals surface area (Å²) in [7, 11) is 4.02. The third-order valence-electron chi connectivity index (χ3n) is 3.16. The van der Waals surface area contributed by atoms with Gasteiger partial charge in [-0.3, -0.25) is 4.79 Å². The first-order valence-corrected chi connectivity index (χ1v) is 5.77. The van der Waals surface area contributed by atoms with Crippen LogP contribution in [-0.2, 0) is 4.79 Å². The number of likely N-dealkylation sites (N-methyl/N-ethyl adjacent to an activating group) is 1. The summed E-state index contributed by atoms with van der Waals surface area (Å²) in [4.78, 5) is 14.0. The van der Waals surface area contributed by atoms with Crippen molar-refractivity contribution in [2.45, 2.75) is 25.8 Å². The summed E-state index contributed by atoms with van der Waals surface area (Å²) in [5.41, 5.74) is 0. The van der Waals surface area contributed by atoms with E-state index < -0.39 is 0 Å². The highest BCUT2D eigenvalue weighted by atomic mass is 16.1. The molecule has 1 rings (SSSR count). The van der Waals surface area contributed by atoms with Crippen LogP contribution in [0.15, 0.2) is 0 Å². The van der Waals surface area contributed by atoms with Gasteiger partial charge in [-0.05, 0) is 47.0 Å². The summed E-state index contributed by atoms with van der Waals surface area (Å²) in [6, 6.07) is 0.347. The molecule has 0 aliphatic carbocycles. The molecule has 1 unspecified atom stereocenters. The van der Waals surface area contributed by atoms with Crippen molar-refractivity contribution in [1.82, 2.24) is 15.5 Å². The molecule has 0 radical (unpaired) electrons. The maximum absolute atomic E-state index is 11.8. The van der Waals surface area contributed by atoms with Crippen LogP contribution >= 0.6 is 0 Å². The number of carbonyl (C=O) groups excluding carboxylic acids is 1. The number of nitrogens with zero attached hydrogens (tertiary/aromatic N) is 1. The number of rotatable bonds is 4. The second kappa shape index (κ2) is 6.08. The van der Waals surface area contributed by atoms with Gasteiger partial charge >= 0.3 is 0 Å². The van der Waals surface area contributed by atoms with Crippen LogP contribution in [0.25, 0.3) is 0 Å².